The van der Waals surface area contributed by atoms with Gasteiger partial charge in [0, 0.05) is 23.5 Å². The van der Waals surface area contributed by atoms with Gasteiger partial charge in [-0.3, -0.25) is 14.7 Å². The van der Waals surface area contributed by atoms with Crippen molar-refractivity contribution in [1.29, 1.82) is 0 Å². The molecule has 0 atom stereocenters. The molecule has 1 fully saturated rings. The molecule has 29 heavy (non-hydrogen) atoms. The van der Waals surface area contributed by atoms with Crippen molar-refractivity contribution in [2.75, 3.05) is 18.5 Å². The predicted octanol–water partition coefficient (Wildman–Crippen LogP) is 5.98. The van der Waals surface area contributed by atoms with Gasteiger partial charge in [0.05, 0.1) is 17.3 Å². The van der Waals surface area contributed by atoms with Crippen molar-refractivity contribution in [2.24, 2.45) is 4.99 Å². The first-order valence-electron chi connectivity index (χ1n) is 9.62. The van der Waals surface area contributed by atoms with Gasteiger partial charge in [-0.05, 0) is 41.9 Å². The number of amides is 1. The summed E-state index contributed by atoms with van der Waals surface area (Å²) < 4.78 is 0. The fourth-order valence-electron chi connectivity index (χ4n) is 3.23. The lowest BCUT2D eigenvalue weighted by molar-refractivity contribution is -0.122. The summed E-state index contributed by atoms with van der Waals surface area (Å²) in [5, 5.41) is 2.43. The smallest absolute Gasteiger partial charge is 0.269 e. The van der Waals surface area contributed by atoms with Gasteiger partial charge in [0.15, 0.2) is 5.17 Å². The molecule has 2 aromatic carbocycles. The zero-order valence-electron chi connectivity index (χ0n) is 16.4. The third kappa shape index (κ3) is 4.20. The Hall–Kier alpha value is -1.89. The number of anilines is 1. The van der Waals surface area contributed by atoms with Crippen molar-refractivity contribution in [3.8, 4) is 0 Å². The quantitative estimate of drug-likeness (QED) is 0.532. The lowest BCUT2D eigenvalue weighted by Gasteiger charge is -2.16. The molecule has 0 aliphatic carbocycles. The van der Waals surface area contributed by atoms with Crippen LogP contribution < -0.4 is 4.90 Å². The first-order valence-corrected chi connectivity index (χ1v) is 11.6. The summed E-state index contributed by atoms with van der Waals surface area (Å²) in [6.07, 6.45) is 1.99. The summed E-state index contributed by atoms with van der Waals surface area (Å²) in [6, 6.07) is 16.0. The first-order chi connectivity index (χ1) is 14.1. The number of unbranched alkanes of at least 4 members (excludes halogenated alkanes) is 1. The van der Waals surface area contributed by atoms with E-state index in [0.717, 1.165) is 44.1 Å². The van der Waals surface area contributed by atoms with Crippen LogP contribution in [0.2, 0.25) is 5.02 Å². The van der Waals surface area contributed by atoms with Crippen LogP contribution in [0.4, 0.5) is 5.69 Å². The molecule has 0 aromatic heterocycles. The van der Waals surface area contributed by atoms with Gasteiger partial charge in [0.25, 0.3) is 5.91 Å². The van der Waals surface area contributed by atoms with Gasteiger partial charge in [-0.25, -0.2) is 0 Å². The molecule has 150 valence electrons. The number of thioether (sulfide) groups is 2. The molecule has 1 saturated heterocycles. The minimum Gasteiger partial charge on any atom is -0.337 e. The van der Waals surface area contributed by atoms with Crippen LogP contribution in [0.3, 0.4) is 0 Å². The van der Waals surface area contributed by atoms with Crippen LogP contribution in [-0.4, -0.2) is 29.6 Å². The molecule has 0 saturated carbocycles. The van der Waals surface area contributed by atoms with E-state index in [-0.39, 0.29) is 5.91 Å². The number of hydrogen-bond acceptors (Lipinski definition) is 5. The van der Waals surface area contributed by atoms with Gasteiger partial charge in [-0.2, -0.15) is 0 Å². The van der Waals surface area contributed by atoms with E-state index in [2.05, 4.69) is 24.0 Å². The summed E-state index contributed by atoms with van der Waals surface area (Å²) in [4.78, 5) is 23.8. The second-order valence-electron chi connectivity index (χ2n) is 6.90. The third-order valence-corrected chi connectivity index (χ3v) is 7.53. The third-order valence-electron chi connectivity index (χ3n) is 4.83. The van der Waals surface area contributed by atoms with E-state index >= 15 is 0 Å². The highest BCUT2D eigenvalue weighted by Crippen LogP contribution is 2.50. The number of benzene rings is 2. The van der Waals surface area contributed by atoms with Gasteiger partial charge >= 0.3 is 0 Å². The van der Waals surface area contributed by atoms with E-state index in [0.29, 0.717) is 18.1 Å². The monoisotopic (exact) mass is 443 g/mol. The highest BCUT2D eigenvalue weighted by atomic mass is 35.5. The topological polar surface area (TPSA) is 35.9 Å². The van der Waals surface area contributed by atoms with Gasteiger partial charge < -0.3 is 4.90 Å². The maximum Gasteiger partial charge on any atom is 0.269 e. The summed E-state index contributed by atoms with van der Waals surface area (Å²) in [5.41, 5.74) is 2.17. The fourth-order valence-corrected chi connectivity index (χ4v) is 5.72. The Morgan fingerprint density at radius 1 is 1.10 bits per heavy atom. The van der Waals surface area contributed by atoms with E-state index in [9.17, 15) is 4.79 Å². The summed E-state index contributed by atoms with van der Waals surface area (Å²) in [7, 11) is 1.99. The van der Waals surface area contributed by atoms with Crippen molar-refractivity contribution in [2.45, 2.75) is 31.2 Å². The molecular formula is C22H22ClN3OS2. The molecule has 4 nitrogen and oxygen atoms in total. The van der Waals surface area contributed by atoms with Gasteiger partial charge in [0.2, 0.25) is 0 Å². The van der Waals surface area contributed by atoms with E-state index in [1.807, 2.05) is 48.3 Å². The summed E-state index contributed by atoms with van der Waals surface area (Å²) >= 11 is 9.28. The maximum absolute atomic E-state index is 13.3. The van der Waals surface area contributed by atoms with Crippen LogP contribution in [0.5, 0.6) is 0 Å². The van der Waals surface area contributed by atoms with Crippen LogP contribution in [0.25, 0.3) is 0 Å². The van der Waals surface area contributed by atoms with Crippen LogP contribution in [0.15, 0.2) is 68.4 Å². The number of rotatable bonds is 5. The average molecular weight is 444 g/mol. The van der Waals surface area contributed by atoms with Crippen LogP contribution in [-0.2, 0) is 11.3 Å². The number of carbonyl (C=O) groups is 1. The van der Waals surface area contributed by atoms with E-state index in [4.69, 9.17) is 16.6 Å². The van der Waals surface area contributed by atoms with Crippen molar-refractivity contribution in [1.82, 2.24) is 4.90 Å². The van der Waals surface area contributed by atoms with Crippen LogP contribution >= 0.6 is 35.1 Å². The standard InChI is InChI=1S/C22H22ClN3OS2/c1-3-4-12-26-20(27)19(29-22(26)24-14-15-8-6-5-7-9-15)21-25(2)17-13-16(23)10-11-18(17)28-21/h5-11,13H,3-4,12,14H2,1-2H3/b21-19-,24-22?. The highest BCUT2D eigenvalue weighted by molar-refractivity contribution is 8.19. The number of nitrogens with zero attached hydrogens (tertiary/aromatic N) is 3. The number of amidine groups is 1. The van der Waals surface area contributed by atoms with Crippen molar-refractivity contribution in [3.63, 3.8) is 0 Å². The zero-order chi connectivity index (χ0) is 20.4. The van der Waals surface area contributed by atoms with E-state index < -0.39 is 0 Å². The van der Waals surface area contributed by atoms with Crippen LogP contribution in [0, 0.1) is 0 Å². The Balaban J connectivity index is 1.65. The molecule has 0 N–H and O–H groups in total. The number of carbonyl (C=O) groups excluding carboxylic acids is 1. The van der Waals surface area contributed by atoms with Gasteiger partial charge in [-0.1, -0.05) is 67.0 Å². The molecule has 1 amide bonds. The molecule has 7 heteroatoms. The Bertz CT molecular complexity index is 991. The minimum absolute atomic E-state index is 0.0449. The second kappa shape index (κ2) is 8.86. The van der Waals surface area contributed by atoms with E-state index in [1.54, 1.807) is 11.8 Å². The molecule has 2 aliphatic rings. The lowest BCUT2D eigenvalue weighted by atomic mass is 10.2. The van der Waals surface area contributed by atoms with Crippen molar-refractivity contribution in [3.05, 3.63) is 69.1 Å². The molecule has 0 unspecified atom stereocenters. The molecule has 0 spiro atoms. The molecule has 2 aliphatic heterocycles. The Kier molecular flexibility index (Phi) is 6.23. The molecule has 2 aromatic rings. The number of halogens is 1. The highest BCUT2D eigenvalue weighted by Gasteiger charge is 2.38. The minimum atomic E-state index is 0.0449. The lowest BCUT2D eigenvalue weighted by Crippen LogP contribution is -2.30. The molecule has 4 rings (SSSR count). The average Bonchev–Trinajstić information content (AvgIpc) is 3.22. The van der Waals surface area contributed by atoms with Gasteiger partial charge in [-0.15, -0.1) is 0 Å². The van der Waals surface area contributed by atoms with Gasteiger partial charge in [0.1, 0.15) is 4.91 Å². The largest absolute Gasteiger partial charge is 0.337 e. The fraction of sp³-hybridized carbons (Fsp3) is 0.273. The summed E-state index contributed by atoms with van der Waals surface area (Å²) in [6.45, 7) is 3.40. The summed E-state index contributed by atoms with van der Waals surface area (Å²) in [5.74, 6) is 0.0449. The number of fused-ring (bicyclic) bond motifs is 1. The predicted molar refractivity (Wildman–Crippen MR) is 125 cm³/mol. The number of aliphatic imine (C=N–C) groups is 1. The SMILES string of the molecule is CCCCN1C(=O)/C(=C2/Sc3ccc(Cl)cc3N2C)SC1=NCc1ccccc1. The normalized spacial score (nSPS) is 20.1. The van der Waals surface area contributed by atoms with Crippen molar-refractivity contribution >= 4 is 51.9 Å². The Labute approximate surface area is 185 Å². The van der Waals surface area contributed by atoms with Crippen LogP contribution in [0.1, 0.15) is 25.3 Å². The zero-order valence-corrected chi connectivity index (χ0v) is 18.8. The first kappa shape index (κ1) is 20.4. The van der Waals surface area contributed by atoms with Crippen molar-refractivity contribution < 1.29 is 4.79 Å². The molecule has 0 bridgehead atoms. The Morgan fingerprint density at radius 2 is 1.90 bits per heavy atom. The molecule has 0 radical (unpaired) electrons. The Morgan fingerprint density at radius 3 is 2.66 bits per heavy atom. The maximum atomic E-state index is 13.3. The number of hydrogen-bond donors (Lipinski definition) is 0. The second-order valence-corrected chi connectivity index (χ2v) is 9.35. The molecule has 2 heterocycles. The molecular weight excluding hydrogens is 422 g/mol. The van der Waals surface area contributed by atoms with E-state index in [1.165, 1.54) is 11.8 Å².